The van der Waals surface area contributed by atoms with E-state index < -0.39 is 0 Å². The fourth-order valence-electron chi connectivity index (χ4n) is 0.572. The van der Waals surface area contributed by atoms with Crippen LogP contribution in [0.5, 0.6) is 0 Å². The third kappa shape index (κ3) is 36.3. The van der Waals surface area contributed by atoms with Crippen molar-refractivity contribution in [1.82, 2.24) is 0 Å². The Hall–Kier alpha value is 1.06. The second-order valence-corrected chi connectivity index (χ2v) is 2.73. The maximum atomic E-state index is 9.98. The molecule has 0 aromatic rings. The van der Waals surface area contributed by atoms with E-state index >= 15 is 0 Å². The number of hydrogen-bond acceptors (Lipinski definition) is 4. The molecule has 0 amide bonds. The zero-order valence-corrected chi connectivity index (χ0v) is 15.9. The van der Waals surface area contributed by atoms with Crippen LogP contribution in [0.3, 0.4) is 0 Å². The molecule has 0 rings (SSSR count). The molecule has 0 radical (unpaired) electrons. The Morgan fingerprint density at radius 1 is 0.812 bits per heavy atom. The van der Waals surface area contributed by atoms with Gasteiger partial charge in [0, 0.05) is 0 Å². The van der Waals surface area contributed by atoms with E-state index in [0.29, 0.717) is 0 Å². The van der Waals surface area contributed by atoms with Crippen LogP contribution >= 0.6 is 0 Å². The second kappa shape index (κ2) is 16.1. The van der Waals surface area contributed by atoms with Crippen LogP contribution in [0.25, 0.3) is 0 Å². The minimum atomic E-state index is -0.187. The first-order valence-corrected chi connectivity index (χ1v) is 3.97. The quantitative estimate of drug-likeness (QED) is 0.281. The average Bonchev–Trinajstić information content (AvgIpc) is 1.79. The van der Waals surface area contributed by atoms with E-state index in [0.717, 1.165) is 12.2 Å². The Labute approximate surface area is 161 Å². The van der Waals surface area contributed by atoms with Crippen LogP contribution in [0.2, 0.25) is 0 Å². The smallest absolute Gasteiger partial charge is 0.876 e. The number of hydrogen-bond donors (Lipinski definition) is 0. The molecule has 0 aliphatic rings. The molecule has 0 heterocycles. The van der Waals surface area contributed by atoms with Gasteiger partial charge in [0.25, 0.3) is 0 Å². The van der Waals surface area contributed by atoms with Crippen LogP contribution < -0.4 is 91.2 Å². The summed E-state index contributed by atoms with van der Waals surface area (Å²) in [7, 11) is 0. The summed E-state index contributed by atoms with van der Waals surface area (Å²) in [4.78, 5) is 20.0. The predicted octanol–water partition coefficient (Wildman–Crippen LogP) is -6.31. The Bertz CT molecular complexity index is 236. The van der Waals surface area contributed by atoms with Crippen LogP contribution in [-0.4, -0.2) is 11.6 Å². The molecule has 80 valence electrons. The van der Waals surface area contributed by atoms with E-state index in [1.165, 1.54) is 27.7 Å². The molecule has 0 spiro atoms. The molecule has 0 atom stereocenters. The first kappa shape index (κ1) is 25.8. The van der Waals surface area contributed by atoms with Crippen LogP contribution in [0.15, 0.2) is 23.7 Å². The molecule has 0 bridgehead atoms. The van der Waals surface area contributed by atoms with Crippen molar-refractivity contribution >= 4 is 11.6 Å². The maximum absolute atomic E-state index is 9.98. The van der Waals surface area contributed by atoms with Crippen molar-refractivity contribution in [1.29, 1.82) is 0 Å². The van der Waals surface area contributed by atoms with Gasteiger partial charge in [-0.25, -0.2) is 0 Å². The molecule has 4 nitrogen and oxygen atoms in total. The molecule has 0 aliphatic carbocycles. The van der Waals surface area contributed by atoms with Crippen molar-refractivity contribution in [3.8, 4) is 0 Å². The van der Waals surface area contributed by atoms with Crippen molar-refractivity contribution in [2.45, 2.75) is 27.7 Å². The summed E-state index contributed by atoms with van der Waals surface area (Å²) in [6.07, 6.45) is 2.11. The summed E-state index contributed by atoms with van der Waals surface area (Å²) < 4.78 is 0. The zero-order valence-electron chi connectivity index (χ0n) is 10.8. The minimum absolute atomic E-state index is 0. The molecule has 6 heteroatoms. The van der Waals surface area contributed by atoms with Crippen LogP contribution in [0.1, 0.15) is 27.7 Å². The summed E-state index contributed by atoms with van der Waals surface area (Å²) in [5, 5.41) is 20.0. The first-order valence-electron chi connectivity index (χ1n) is 3.97. The normalized spacial score (nSPS) is 10.0. The fraction of sp³-hybridized carbons (Fsp3) is 0.400. The Balaban J connectivity index is -0.0000000800. The third-order valence-electron chi connectivity index (χ3n) is 0.813. The summed E-state index contributed by atoms with van der Waals surface area (Å²) >= 11 is 0. The first-order chi connectivity index (χ1) is 6.25. The van der Waals surface area contributed by atoms with Gasteiger partial charge in [0.05, 0.1) is 0 Å². The molecule has 0 N–H and O–H groups in total. The molecule has 0 aromatic carbocycles. The van der Waals surface area contributed by atoms with Gasteiger partial charge in [0.2, 0.25) is 0 Å². The predicted molar refractivity (Wildman–Crippen MR) is 48.9 cm³/mol. The number of carbonyl (C=O) groups excluding carboxylic acids is 2. The van der Waals surface area contributed by atoms with Gasteiger partial charge >= 0.3 is 80.9 Å². The molecule has 0 aliphatic heterocycles. The SMILES string of the molecule is CC(=O)/C=C(/C)[O-].CC(=O)/C=C(/C)[O-].[K+].[Na+]. The molecule has 0 aromatic heterocycles. The van der Waals surface area contributed by atoms with Crippen molar-refractivity contribution in [3.05, 3.63) is 23.7 Å². The van der Waals surface area contributed by atoms with E-state index in [1.807, 2.05) is 0 Å². The van der Waals surface area contributed by atoms with Gasteiger partial charge in [0.15, 0.2) is 11.6 Å². The fourth-order valence-corrected chi connectivity index (χ4v) is 0.572. The average molecular weight is 260 g/mol. The third-order valence-corrected chi connectivity index (χ3v) is 0.813. The molecule has 16 heavy (non-hydrogen) atoms. The van der Waals surface area contributed by atoms with Crippen molar-refractivity contribution < 1.29 is 101 Å². The van der Waals surface area contributed by atoms with Crippen LogP contribution in [0, 0.1) is 0 Å². The van der Waals surface area contributed by atoms with Gasteiger partial charge in [-0.1, -0.05) is 13.8 Å². The summed E-state index contributed by atoms with van der Waals surface area (Å²) in [5.41, 5.74) is 0. The standard InChI is InChI=1S/2C5H8O2.K.Na/c2*1-4(6)3-5(2)7;;/h2*3,6H,1-2H3;;/q;;2*+1/p-2/b2*4-3-;;. The Kier molecular flexibility index (Phi) is 25.9. The largest absolute Gasteiger partial charge is 1.00 e. The van der Waals surface area contributed by atoms with Crippen molar-refractivity contribution in [2.24, 2.45) is 0 Å². The van der Waals surface area contributed by atoms with Gasteiger partial charge in [-0.05, 0) is 26.0 Å². The summed E-state index contributed by atoms with van der Waals surface area (Å²) in [6, 6.07) is 0. The van der Waals surface area contributed by atoms with E-state index in [1.54, 1.807) is 0 Å². The van der Waals surface area contributed by atoms with Crippen molar-refractivity contribution in [2.75, 3.05) is 0 Å². The van der Waals surface area contributed by atoms with E-state index in [4.69, 9.17) is 0 Å². The topological polar surface area (TPSA) is 80.3 Å². The van der Waals surface area contributed by atoms with E-state index in [-0.39, 0.29) is 104 Å². The van der Waals surface area contributed by atoms with E-state index in [2.05, 4.69) is 0 Å². The van der Waals surface area contributed by atoms with Gasteiger partial charge in [-0.15, -0.1) is 11.5 Å². The monoisotopic (exact) mass is 260 g/mol. The zero-order chi connectivity index (χ0) is 11.7. The molecule has 0 saturated carbocycles. The second-order valence-electron chi connectivity index (χ2n) is 2.73. The Morgan fingerprint density at radius 2 is 1.00 bits per heavy atom. The number of carbonyl (C=O) groups is 2. The van der Waals surface area contributed by atoms with Crippen LogP contribution in [-0.2, 0) is 9.59 Å². The maximum Gasteiger partial charge on any atom is 1.00 e. The minimum Gasteiger partial charge on any atom is -0.876 e. The summed E-state index contributed by atoms with van der Waals surface area (Å²) in [5.74, 6) is -0.750. The number of allylic oxidation sites excluding steroid dienone is 4. The molecule has 0 unspecified atom stereocenters. The van der Waals surface area contributed by atoms with Gasteiger partial charge in [0.1, 0.15) is 0 Å². The number of ketones is 2. The number of rotatable bonds is 2. The van der Waals surface area contributed by atoms with Crippen LogP contribution in [0.4, 0.5) is 0 Å². The Morgan fingerprint density at radius 3 is 1.00 bits per heavy atom. The van der Waals surface area contributed by atoms with Crippen molar-refractivity contribution in [3.63, 3.8) is 0 Å². The van der Waals surface area contributed by atoms with Gasteiger partial charge in [-0.2, -0.15) is 0 Å². The molecular formula is C10H14KNaO4. The molecule has 0 fully saturated rings. The van der Waals surface area contributed by atoms with E-state index in [9.17, 15) is 19.8 Å². The molecular weight excluding hydrogens is 246 g/mol. The summed E-state index contributed by atoms with van der Waals surface area (Å²) in [6.45, 7) is 5.39. The molecule has 0 saturated heterocycles. The van der Waals surface area contributed by atoms with Gasteiger partial charge in [-0.3, -0.25) is 9.59 Å². The van der Waals surface area contributed by atoms with Gasteiger partial charge < -0.3 is 10.2 Å².